The van der Waals surface area contributed by atoms with Gasteiger partial charge in [-0.15, -0.1) is 11.3 Å². The fraction of sp³-hybridized carbons (Fsp3) is 0. The van der Waals surface area contributed by atoms with E-state index in [1.165, 1.54) is 69.6 Å². The number of benzene rings is 8. The van der Waals surface area contributed by atoms with Crippen molar-refractivity contribution in [1.82, 2.24) is 9.13 Å². The molecule has 8 aromatic carbocycles. The van der Waals surface area contributed by atoms with Crippen molar-refractivity contribution in [3.8, 4) is 22.5 Å². The minimum atomic E-state index is 0.908. The maximum absolute atomic E-state index is 6.64. The SMILES string of the molecule is c1ccc(-n2c3ccc(-c4ccc5c6ccc7c8ccccc8oc7c6n(-c6ccccc6)c5c4)cc3c3c4c(ccc32)sc2ccccc24)cc1. The number of fused-ring (bicyclic) bond motifs is 14. The Morgan fingerprint density at radius 1 is 0.385 bits per heavy atom. The summed E-state index contributed by atoms with van der Waals surface area (Å²) in [5.74, 6) is 0. The van der Waals surface area contributed by atoms with Crippen molar-refractivity contribution in [2.24, 2.45) is 0 Å². The van der Waals surface area contributed by atoms with Gasteiger partial charge in [0.1, 0.15) is 5.58 Å². The van der Waals surface area contributed by atoms with Crippen LogP contribution in [0.25, 0.3) is 108 Å². The molecule has 3 nitrogen and oxygen atoms in total. The lowest BCUT2D eigenvalue weighted by molar-refractivity contribution is 0.671. The largest absolute Gasteiger partial charge is 0.454 e. The molecule has 4 heteroatoms. The fourth-order valence-electron chi connectivity index (χ4n) is 8.66. The first-order chi connectivity index (χ1) is 25.8. The monoisotopic (exact) mass is 680 g/mol. The van der Waals surface area contributed by atoms with E-state index in [2.05, 4.69) is 173 Å². The van der Waals surface area contributed by atoms with Crippen LogP contribution in [0.5, 0.6) is 0 Å². The molecule has 0 aliphatic rings. The molecule has 12 rings (SSSR count). The Kier molecular flexibility index (Phi) is 5.65. The number of nitrogens with zero attached hydrogens (tertiary/aromatic N) is 2. The van der Waals surface area contributed by atoms with E-state index in [1.807, 2.05) is 17.4 Å². The van der Waals surface area contributed by atoms with E-state index >= 15 is 0 Å². The van der Waals surface area contributed by atoms with Crippen molar-refractivity contribution in [3.05, 3.63) is 170 Å². The number of thiophene rings is 1. The zero-order valence-electron chi connectivity index (χ0n) is 27.9. The van der Waals surface area contributed by atoms with Crippen LogP contribution in [0, 0.1) is 0 Å². The van der Waals surface area contributed by atoms with Crippen LogP contribution in [-0.4, -0.2) is 9.13 Å². The second-order valence-electron chi connectivity index (χ2n) is 13.7. The molecule has 0 saturated heterocycles. The highest BCUT2D eigenvalue weighted by molar-refractivity contribution is 7.26. The van der Waals surface area contributed by atoms with Crippen LogP contribution in [0.3, 0.4) is 0 Å². The first kappa shape index (κ1) is 28.1. The summed E-state index contributed by atoms with van der Waals surface area (Å²) in [5, 5.41) is 9.89. The first-order valence-electron chi connectivity index (χ1n) is 17.7. The van der Waals surface area contributed by atoms with Gasteiger partial charge in [0.2, 0.25) is 0 Å². The van der Waals surface area contributed by atoms with E-state index in [4.69, 9.17) is 4.42 Å². The van der Waals surface area contributed by atoms with Gasteiger partial charge in [0, 0.05) is 63.9 Å². The van der Waals surface area contributed by atoms with E-state index in [1.54, 1.807) is 0 Å². The smallest absolute Gasteiger partial charge is 0.160 e. The summed E-state index contributed by atoms with van der Waals surface area (Å²) >= 11 is 1.88. The van der Waals surface area contributed by atoms with Gasteiger partial charge in [-0.1, -0.05) is 97.1 Å². The van der Waals surface area contributed by atoms with Crippen LogP contribution >= 0.6 is 11.3 Å². The van der Waals surface area contributed by atoms with Crippen molar-refractivity contribution < 1.29 is 4.42 Å². The lowest BCUT2D eigenvalue weighted by atomic mass is 9.99. The Labute approximate surface area is 301 Å². The summed E-state index contributed by atoms with van der Waals surface area (Å²) in [5.41, 5.74) is 11.2. The second kappa shape index (κ2) is 10.5. The molecule has 12 aromatic rings. The summed E-state index contributed by atoms with van der Waals surface area (Å²) in [6.45, 7) is 0. The van der Waals surface area contributed by atoms with Crippen LogP contribution in [0.15, 0.2) is 174 Å². The van der Waals surface area contributed by atoms with Gasteiger partial charge in [0.05, 0.1) is 22.1 Å². The molecule has 0 spiro atoms. The van der Waals surface area contributed by atoms with Gasteiger partial charge in [0.25, 0.3) is 0 Å². The topological polar surface area (TPSA) is 23.0 Å². The van der Waals surface area contributed by atoms with E-state index in [9.17, 15) is 0 Å². The fourth-order valence-corrected chi connectivity index (χ4v) is 9.78. The highest BCUT2D eigenvalue weighted by Crippen LogP contribution is 2.45. The molecule has 0 amide bonds. The summed E-state index contributed by atoms with van der Waals surface area (Å²) in [4.78, 5) is 0. The minimum Gasteiger partial charge on any atom is -0.454 e. The van der Waals surface area contributed by atoms with Crippen molar-refractivity contribution in [2.75, 3.05) is 0 Å². The summed E-state index contributed by atoms with van der Waals surface area (Å²) in [6, 6.07) is 61.7. The Bertz CT molecular complexity index is 3400. The Hall–Kier alpha value is -6.62. The molecule has 0 N–H and O–H groups in total. The Morgan fingerprint density at radius 2 is 1.04 bits per heavy atom. The molecular weight excluding hydrogens is 653 g/mol. The molecule has 242 valence electrons. The lowest BCUT2D eigenvalue weighted by Crippen LogP contribution is -1.94. The van der Waals surface area contributed by atoms with Gasteiger partial charge in [-0.25, -0.2) is 0 Å². The van der Waals surface area contributed by atoms with Gasteiger partial charge in [-0.2, -0.15) is 0 Å². The number of hydrogen-bond donors (Lipinski definition) is 0. The van der Waals surface area contributed by atoms with Crippen LogP contribution in [0.4, 0.5) is 0 Å². The van der Waals surface area contributed by atoms with E-state index in [-0.39, 0.29) is 0 Å². The quantitative estimate of drug-likeness (QED) is 0.182. The average Bonchev–Trinajstić information content (AvgIpc) is 3.95. The molecule has 0 radical (unpaired) electrons. The van der Waals surface area contributed by atoms with E-state index < -0.39 is 0 Å². The summed E-state index contributed by atoms with van der Waals surface area (Å²) in [6.07, 6.45) is 0. The Balaban J connectivity index is 1.17. The van der Waals surface area contributed by atoms with Gasteiger partial charge in [-0.05, 0) is 83.9 Å². The first-order valence-corrected chi connectivity index (χ1v) is 18.5. The Morgan fingerprint density at radius 3 is 1.88 bits per heavy atom. The predicted molar refractivity (Wildman–Crippen MR) is 221 cm³/mol. The molecule has 0 saturated carbocycles. The molecule has 0 unspecified atom stereocenters. The van der Waals surface area contributed by atoms with Crippen molar-refractivity contribution >= 4 is 97.1 Å². The third-order valence-corrected chi connectivity index (χ3v) is 12.0. The summed E-state index contributed by atoms with van der Waals surface area (Å²) < 4.78 is 14.1. The minimum absolute atomic E-state index is 0.908. The number of furan rings is 1. The van der Waals surface area contributed by atoms with Crippen LogP contribution < -0.4 is 0 Å². The molecule has 52 heavy (non-hydrogen) atoms. The summed E-state index contributed by atoms with van der Waals surface area (Å²) in [7, 11) is 0. The van der Waals surface area contributed by atoms with Crippen molar-refractivity contribution in [1.29, 1.82) is 0 Å². The highest BCUT2D eigenvalue weighted by Gasteiger charge is 2.21. The molecule has 4 aromatic heterocycles. The maximum atomic E-state index is 6.64. The van der Waals surface area contributed by atoms with Crippen LogP contribution in [-0.2, 0) is 0 Å². The standard InChI is InChI=1S/C48H28N2OS/c1-3-11-31(12-4-1)49-39-24-20-29(27-38(39)45-40(49)25-26-44-46(45)37-16-8-10-18-43(37)52-44)30-19-21-33-35-22-23-36-34-15-7-9-17-42(34)51-48(36)47(35)50(41(33)28-30)32-13-5-2-6-14-32/h1-28H. The van der Waals surface area contributed by atoms with Gasteiger partial charge < -0.3 is 13.6 Å². The zero-order chi connectivity index (χ0) is 33.9. The van der Waals surface area contributed by atoms with Crippen LogP contribution in [0.2, 0.25) is 0 Å². The third-order valence-electron chi connectivity index (χ3n) is 10.9. The number of hydrogen-bond acceptors (Lipinski definition) is 2. The van der Waals surface area contributed by atoms with Gasteiger partial charge >= 0.3 is 0 Å². The molecular formula is C48H28N2OS. The van der Waals surface area contributed by atoms with Gasteiger partial charge in [-0.3, -0.25) is 0 Å². The van der Waals surface area contributed by atoms with E-state index in [0.29, 0.717) is 0 Å². The number of aromatic nitrogens is 2. The van der Waals surface area contributed by atoms with Crippen molar-refractivity contribution in [2.45, 2.75) is 0 Å². The second-order valence-corrected chi connectivity index (χ2v) is 14.8. The average molecular weight is 681 g/mol. The zero-order valence-corrected chi connectivity index (χ0v) is 28.7. The molecule has 0 aliphatic heterocycles. The van der Waals surface area contributed by atoms with Gasteiger partial charge in [0.15, 0.2) is 5.58 Å². The number of para-hydroxylation sites is 3. The highest BCUT2D eigenvalue weighted by atomic mass is 32.1. The molecule has 0 atom stereocenters. The lowest BCUT2D eigenvalue weighted by Gasteiger charge is -2.10. The number of rotatable bonds is 3. The third kappa shape index (κ3) is 3.79. The molecule has 0 bridgehead atoms. The maximum Gasteiger partial charge on any atom is 0.160 e. The van der Waals surface area contributed by atoms with Crippen molar-refractivity contribution in [3.63, 3.8) is 0 Å². The van der Waals surface area contributed by atoms with Crippen LogP contribution in [0.1, 0.15) is 0 Å². The van der Waals surface area contributed by atoms with E-state index in [0.717, 1.165) is 38.7 Å². The normalized spacial score (nSPS) is 12.2. The molecule has 0 aliphatic carbocycles. The predicted octanol–water partition coefficient (Wildman–Crippen LogP) is 13.8. The molecule has 4 heterocycles. The molecule has 0 fully saturated rings.